The average Bonchev–Trinajstić information content (AvgIpc) is 3.18. The van der Waals surface area contributed by atoms with Gasteiger partial charge in [0.25, 0.3) is 5.91 Å². The Labute approximate surface area is 182 Å². The van der Waals surface area contributed by atoms with Crippen LogP contribution in [-0.2, 0) is 16.1 Å². The molecular formula is C24H28N4O3. The van der Waals surface area contributed by atoms with Gasteiger partial charge in [0.15, 0.2) is 0 Å². The van der Waals surface area contributed by atoms with Gasteiger partial charge in [0.1, 0.15) is 0 Å². The van der Waals surface area contributed by atoms with Crippen molar-refractivity contribution in [2.24, 2.45) is 11.7 Å². The Hall–Kier alpha value is -3.19. The summed E-state index contributed by atoms with van der Waals surface area (Å²) < 4.78 is 0. The van der Waals surface area contributed by atoms with Crippen molar-refractivity contribution < 1.29 is 14.4 Å². The standard InChI is InChI=1S/C24H28N4O3/c25-14-17-4-6-19(7-5-17)24(31)26-15-18-13-23(30)28(16-18)21-10-8-20(9-11-21)27-12-2-1-3-22(27)29/h4-11,18H,1-3,12-16,25H2,(H,26,31). The van der Waals surface area contributed by atoms with Crippen LogP contribution in [0.2, 0.25) is 0 Å². The molecule has 0 bridgehead atoms. The summed E-state index contributed by atoms with van der Waals surface area (Å²) in [7, 11) is 0. The van der Waals surface area contributed by atoms with E-state index in [2.05, 4.69) is 5.32 Å². The normalized spacial score (nSPS) is 19.1. The predicted octanol–water partition coefficient (Wildman–Crippen LogP) is 2.45. The number of amides is 3. The first-order valence-electron chi connectivity index (χ1n) is 10.8. The first-order chi connectivity index (χ1) is 15.0. The maximum absolute atomic E-state index is 12.5. The Morgan fingerprint density at radius 2 is 1.61 bits per heavy atom. The van der Waals surface area contributed by atoms with Crippen LogP contribution < -0.4 is 20.9 Å². The first kappa shape index (κ1) is 21.1. The van der Waals surface area contributed by atoms with Gasteiger partial charge in [-0.2, -0.15) is 0 Å². The van der Waals surface area contributed by atoms with Gasteiger partial charge in [-0.1, -0.05) is 12.1 Å². The summed E-state index contributed by atoms with van der Waals surface area (Å²) in [5.74, 6) is 0.117. The minimum absolute atomic E-state index is 0.0494. The SMILES string of the molecule is NCc1ccc(C(=O)NCC2CC(=O)N(c3ccc(N4CCCCC4=O)cc3)C2)cc1. The summed E-state index contributed by atoms with van der Waals surface area (Å²) in [6, 6.07) is 14.8. The summed E-state index contributed by atoms with van der Waals surface area (Å²) >= 11 is 0. The number of carbonyl (C=O) groups is 3. The van der Waals surface area contributed by atoms with Crippen LogP contribution in [0.25, 0.3) is 0 Å². The molecule has 7 heteroatoms. The van der Waals surface area contributed by atoms with E-state index >= 15 is 0 Å². The van der Waals surface area contributed by atoms with Crippen molar-refractivity contribution in [1.29, 1.82) is 0 Å². The number of nitrogens with one attached hydrogen (secondary N) is 1. The second-order valence-electron chi connectivity index (χ2n) is 8.20. The summed E-state index contributed by atoms with van der Waals surface area (Å²) in [6.07, 6.45) is 2.96. The van der Waals surface area contributed by atoms with Gasteiger partial charge in [0.05, 0.1) is 0 Å². The van der Waals surface area contributed by atoms with Gasteiger partial charge >= 0.3 is 0 Å². The van der Waals surface area contributed by atoms with Gasteiger partial charge in [-0.15, -0.1) is 0 Å². The lowest BCUT2D eigenvalue weighted by atomic mass is 10.1. The Bertz CT molecular complexity index is 956. The van der Waals surface area contributed by atoms with E-state index in [0.717, 1.165) is 36.3 Å². The molecule has 162 valence electrons. The van der Waals surface area contributed by atoms with Crippen molar-refractivity contribution in [1.82, 2.24) is 5.32 Å². The minimum Gasteiger partial charge on any atom is -0.352 e. The van der Waals surface area contributed by atoms with Crippen LogP contribution in [-0.4, -0.2) is 37.4 Å². The predicted molar refractivity (Wildman–Crippen MR) is 120 cm³/mol. The molecule has 1 atom stereocenters. The van der Waals surface area contributed by atoms with Gasteiger partial charge in [-0.05, 0) is 54.8 Å². The second kappa shape index (κ2) is 9.31. The highest BCUT2D eigenvalue weighted by Crippen LogP contribution is 2.28. The van der Waals surface area contributed by atoms with E-state index in [1.807, 2.05) is 41.3 Å². The zero-order valence-corrected chi connectivity index (χ0v) is 17.5. The molecule has 0 aliphatic carbocycles. The molecule has 2 aromatic rings. The molecule has 0 spiro atoms. The van der Waals surface area contributed by atoms with E-state index in [1.165, 1.54) is 0 Å². The van der Waals surface area contributed by atoms with E-state index in [0.29, 0.717) is 38.0 Å². The maximum Gasteiger partial charge on any atom is 0.251 e. The van der Waals surface area contributed by atoms with Crippen LogP contribution in [0.1, 0.15) is 41.6 Å². The van der Waals surface area contributed by atoms with Crippen molar-refractivity contribution in [3.05, 3.63) is 59.7 Å². The fourth-order valence-electron chi connectivity index (χ4n) is 4.19. The lowest BCUT2D eigenvalue weighted by Gasteiger charge is -2.27. The van der Waals surface area contributed by atoms with Crippen LogP contribution in [0.4, 0.5) is 11.4 Å². The number of rotatable bonds is 6. The molecule has 0 aromatic heterocycles. The molecule has 31 heavy (non-hydrogen) atoms. The largest absolute Gasteiger partial charge is 0.352 e. The zero-order valence-electron chi connectivity index (χ0n) is 17.5. The minimum atomic E-state index is -0.148. The number of piperidine rings is 1. The first-order valence-corrected chi connectivity index (χ1v) is 10.8. The molecule has 3 amide bonds. The van der Waals surface area contributed by atoms with E-state index in [1.54, 1.807) is 17.0 Å². The second-order valence-corrected chi connectivity index (χ2v) is 8.20. The highest BCUT2D eigenvalue weighted by atomic mass is 16.2. The van der Waals surface area contributed by atoms with E-state index in [9.17, 15) is 14.4 Å². The molecule has 2 aromatic carbocycles. The number of anilines is 2. The molecule has 2 aliphatic rings. The number of benzene rings is 2. The third kappa shape index (κ3) is 4.77. The fourth-order valence-corrected chi connectivity index (χ4v) is 4.19. The van der Waals surface area contributed by atoms with Crippen molar-refractivity contribution in [2.45, 2.75) is 32.2 Å². The molecule has 2 saturated heterocycles. The van der Waals surface area contributed by atoms with E-state index in [-0.39, 0.29) is 23.6 Å². The lowest BCUT2D eigenvalue weighted by molar-refractivity contribution is -0.119. The van der Waals surface area contributed by atoms with Gasteiger partial charge in [-0.3, -0.25) is 14.4 Å². The molecule has 2 heterocycles. The molecule has 2 fully saturated rings. The van der Waals surface area contributed by atoms with Gasteiger partial charge in [-0.25, -0.2) is 0 Å². The Balaban J connectivity index is 1.33. The maximum atomic E-state index is 12.5. The topological polar surface area (TPSA) is 95.7 Å². The number of hydrogen-bond acceptors (Lipinski definition) is 4. The van der Waals surface area contributed by atoms with Crippen LogP contribution in [0.15, 0.2) is 48.5 Å². The van der Waals surface area contributed by atoms with Crippen LogP contribution in [0.3, 0.4) is 0 Å². The van der Waals surface area contributed by atoms with E-state index in [4.69, 9.17) is 5.73 Å². The molecule has 2 aliphatic heterocycles. The van der Waals surface area contributed by atoms with Crippen molar-refractivity contribution in [3.8, 4) is 0 Å². The average molecular weight is 421 g/mol. The molecule has 0 saturated carbocycles. The molecule has 0 radical (unpaired) electrons. The highest BCUT2D eigenvalue weighted by Gasteiger charge is 2.31. The third-order valence-electron chi connectivity index (χ3n) is 6.00. The van der Waals surface area contributed by atoms with Gasteiger partial charge in [0.2, 0.25) is 11.8 Å². The Kier molecular flexibility index (Phi) is 6.32. The van der Waals surface area contributed by atoms with E-state index < -0.39 is 0 Å². The molecule has 3 N–H and O–H groups in total. The molecular weight excluding hydrogens is 392 g/mol. The van der Waals surface area contributed by atoms with Gasteiger partial charge in [0, 0.05) is 61.9 Å². The summed E-state index contributed by atoms with van der Waals surface area (Å²) in [5, 5.41) is 2.93. The smallest absolute Gasteiger partial charge is 0.251 e. The quantitative estimate of drug-likeness (QED) is 0.750. The third-order valence-corrected chi connectivity index (χ3v) is 6.00. The zero-order chi connectivity index (χ0) is 21.8. The summed E-state index contributed by atoms with van der Waals surface area (Å²) in [6.45, 7) is 2.20. The number of hydrogen-bond donors (Lipinski definition) is 2. The Morgan fingerprint density at radius 1 is 0.935 bits per heavy atom. The van der Waals surface area contributed by atoms with Crippen molar-refractivity contribution >= 4 is 29.1 Å². The lowest BCUT2D eigenvalue weighted by Crippen LogP contribution is -2.35. The van der Waals surface area contributed by atoms with Crippen molar-refractivity contribution in [3.63, 3.8) is 0 Å². The fraction of sp³-hybridized carbons (Fsp3) is 0.375. The van der Waals surface area contributed by atoms with Gasteiger partial charge < -0.3 is 20.9 Å². The summed E-state index contributed by atoms with van der Waals surface area (Å²) in [4.78, 5) is 40.6. The monoisotopic (exact) mass is 420 g/mol. The molecule has 1 unspecified atom stereocenters. The summed E-state index contributed by atoms with van der Waals surface area (Å²) in [5.41, 5.74) is 8.85. The number of carbonyl (C=O) groups excluding carboxylic acids is 3. The van der Waals surface area contributed by atoms with Crippen LogP contribution >= 0.6 is 0 Å². The van der Waals surface area contributed by atoms with Crippen LogP contribution in [0, 0.1) is 5.92 Å². The number of nitrogens with two attached hydrogens (primary N) is 1. The molecule has 7 nitrogen and oxygen atoms in total. The van der Waals surface area contributed by atoms with Crippen molar-refractivity contribution in [2.75, 3.05) is 29.4 Å². The number of nitrogens with zero attached hydrogens (tertiary/aromatic N) is 2. The Morgan fingerprint density at radius 3 is 2.26 bits per heavy atom. The van der Waals surface area contributed by atoms with Crippen LogP contribution in [0.5, 0.6) is 0 Å². The molecule has 4 rings (SSSR count). The highest BCUT2D eigenvalue weighted by molar-refractivity contribution is 5.97.